The van der Waals surface area contributed by atoms with Gasteiger partial charge in [-0.3, -0.25) is 0 Å². The summed E-state index contributed by atoms with van der Waals surface area (Å²) in [4.78, 5) is 0. The van der Waals surface area contributed by atoms with Gasteiger partial charge in [-0.2, -0.15) is 5.54 Å². The van der Waals surface area contributed by atoms with Crippen molar-refractivity contribution in [3.8, 4) is 0 Å². The molecule has 1 rings (SSSR count). The van der Waals surface area contributed by atoms with Crippen LogP contribution in [0.25, 0.3) is 0 Å². The highest BCUT2D eigenvalue weighted by Gasteiger charge is 2.06. The molecule has 66 valence electrons. The van der Waals surface area contributed by atoms with Crippen LogP contribution in [0.2, 0.25) is 0 Å². The lowest BCUT2D eigenvalue weighted by Gasteiger charge is -2.09. The van der Waals surface area contributed by atoms with Crippen LogP contribution in [-0.2, 0) is 6.42 Å². The third-order valence-electron chi connectivity index (χ3n) is 1.70. The fourth-order valence-electron chi connectivity index (χ4n) is 1.04. The summed E-state index contributed by atoms with van der Waals surface area (Å²) < 4.78 is 11.9. The third kappa shape index (κ3) is 2.60. The Bertz CT molecular complexity index is 211. The summed E-state index contributed by atoms with van der Waals surface area (Å²) in [5.74, 6) is 0. The van der Waals surface area contributed by atoms with Crippen molar-refractivity contribution in [2.75, 3.05) is 6.61 Å². The van der Waals surface area contributed by atoms with Gasteiger partial charge in [-0.15, -0.1) is 4.48 Å². The van der Waals surface area contributed by atoms with Crippen molar-refractivity contribution in [2.45, 2.75) is 12.5 Å². The molecule has 0 saturated heterocycles. The molecule has 0 aromatic heterocycles. The lowest BCUT2D eigenvalue weighted by atomic mass is 10.1. The van der Waals surface area contributed by atoms with Crippen molar-refractivity contribution in [3.63, 3.8) is 0 Å². The Morgan fingerprint density at radius 2 is 2.00 bits per heavy atom. The monoisotopic (exact) mass is 169 g/mol. The van der Waals surface area contributed by atoms with Crippen LogP contribution in [0.1, 0.15) is 5.56 Å². The summed E-state index contributed by atoms with van der Waals surface area (Å²) in [5.41, 5.74) is 2.57. The van der Waals surface area contributed by atoms with Crippen molar-refractivity contribution in [3.05, 3.63) is 35.9 Å². The number of rotatable bonds is 4. The maximum absolute atomic E-state index is 11.9. The molecule has 0 amide bonds. The number of benzene rings is 1. The van der Waals surface area contributed by atoms with E-state index in [4.69, 9.17) is 5.11 Å². The minimum absolute atomic E-state index is 0.189. The molecule has 0 aliphatic rings. The Kier molecular flexibility index (Phi) is 3.70. The number of aliphatic hydroxyl groups is 1. The molecule has 3 heteroatoms. The molecular weight excluding hydrogens is 157 g/mol. The number of nitrogens with one attached hydrogen (secondary N) is 1. The summed E-state index contributed by atoms with van der Waals surface area (Å²) >= 11 is 0. The smallest absolute Gasteiger partial charge is 0.0643 e. The van der Waals surface area contributed by atoms with Crippen LogP contribution in [0.4, 0.5) is 4.48 Å². The first kappa shape index (κ1) is 9.16. The molecule has 1 aromatic rings. The highest BCUT2D eigenvalue weighted by atomic mass is 19.2. The van der Waals surface area contributed by atoms with Crippen LogP contribution >= 0.6 is 0 Å². The zero-order chi connectivity index (χ0) is 8.81. The molecule has 0 bridgehead atoms. The first-order chi connectivity index (χ1) is 5.86. The number of hydrogen-bond donors (Lipinski definition) is 2. The largest absolute Gasteiger partial charge is 0.395 e. The summed E-state index contributed by atoms with van der Waals surface area (Å²) in [5, 5.41) is 8.68. The molecule has 0 aliphatic carbocycles. The van der Waals surface area contributed by atoms with E-state index in [0.717, 1.165) is 5.56 Å². The van der Waals surface area contributed by atoms with Gasteiger partial charge in [0, 0.05) is 0 Å². The standard InChI is InChI=1S/C9H12FNO/c10-11-9(7-12)6-8-4-2-1-3-5-8/h1-5,9,11-12H,6-7H2/t9-/m0/s1. The van der Waals surface area contributed by atoms with Crippen LogP contribution in [0, 0.1) is 0 Å². The molecule has 0 saturated carbocycles. The van der Waals surface area contributed by atoms with Gasteiger partial charge < -0.3 is 5.11 Å². The fourth-order valence-corrected chi connectivity index (χ4v) is 1.04. The van der Waals surface area contributed by atoms with Gasteiger partial charge in [0.05, 0.1) is 12.6 Å². The molecule has 2 N–H and O–H groups in total. The Morgan fingerprint density at radius 3 is 2.50 bits per heavy atom. The highest BCUT2D eigenvalue weighted by Crippen LogP contribution is 2.02. The van der Waals surface area contributed by atoms with Gasteiger partial charge in [0.1, 0.15) is 0 Å². The predicted molar refractivity (Wildman–Crippen MR) is 45.3 cm³/mol. The second-order valence-electron chi connectivity index (χ2n) is 2.68. The molecule has 0 aliphatic heterocycles. The number of halogens is 1. The zero-order valence-electron chi connectivity index (χ0n) is 6.70. The van der Waals surface area contributed by atoms with E-state index in [1.165, 1.54) is 0 Å². The summed E-state index contributed by atoms with van der Waals surface area (Å²) in [7, 11) is 0. The van der Waals surface area contributed by atoms with E-state index in [2.05, 4.69) is 0 Å². The number of aliphatic hydroxyl groups excluding tert-OH is 1. The number of hydrogen-bond acceptors (Lipinski definition) is 2. The molecule has 0 fully saturated rings. The second-order valence-corrected chi connectivity index (χ2v) is 2.68. The molecule has 2 nitrogen and oxygen atoms in total. The minimum atomic E-state index is -0.493. The Hall–Kier alpha value is -0.930. The summed E-state index contributed by atoms with van der Waals surface area (Å²) in [6.45, 7) is -0.189. The Balaban J connectivity index is 2.51. The first-order valence-corrected chi connectivity index (χ1v) is 3.87. The molecule has 0 radical (unpaired) electrons. The minimum Gasteiger partial charge on any atom is -0.395 e. The van der Waals surface area contributed by atoms with Crippen LogP contribution in [-0.4, -0.2) is 17.8 Å². The molecule has 12 heavy (non-hydrogen) atoms. The van der Waals surface area contributed by atoms with Crippen LogP contribution < -0.4 is 5.54 Å². The quantitative estimate of drug-likeness (QED) is 0.661. The van der Waals surface area contributed by atoms with Crippen LogP contribution in [0.15, 0.2) is 30.3 Å². The fraction of sp³-hybridized carbons (Fsp3) is 0.333. The van der Waals surface area contributed by atoms with Gasteiger partial charge in [-0.1, -0.05) is 30.3 Å². The van der Waals surface area contributed by atoms with Gasteiger partial charge in [0.2, 0.25) is 0 Å². The lowest BCUT2D eigenvalue weighted by molar-refractivity contribution is 0.176. The molecule has 1 aromatic carbocycles. The Labute approximate surface area is 71.0 Å². The summed E-state index contributed by atoms with van der Waals surface area (Å²) in [6, 6.07) is 9.00. The van der Waals surface area contributed by atoms with Gasteiger partial charge in [-0.05, 0) is 12.0 Å². The van der Waals surface area contributed by atoms with Gasteiger partial charge >= 0.3 is 0 Å². The Morgan fingerprint density at radius 1 is 1.33 bits per heavy atom. The normalized spacial score (nSPS) is 12.8. The van der Waals surface area contributed by atoms with Crippen molar-refractivity contribution in [2.24, 2.45) is 0 Å². The second kappa shape index (κ2) is 4.85. The molecule has 0 heterocycles. The van der Waals surface area contributed by atoms with Crippen molar-refractivity contribution in [1.82, 2.24) is 5.54 Å². The SMILES string of the molecule is OC[C@H](Cc1ccccc1)NF. The lowest BCUT2D eigenvalue weighted by Crippen LogP contribution is -2.28. The van der Waals surface area contributed by atoms with Gasteiger partial charge in [0.25, 0.3) is 0 Å². The molecule has 0 unspecified atom stereocenters. The maximum atomic E-state index is 11.9. The van der Waals surface area contributed by atoms with E-state index < -0.39 is 6.04 Å². The van der Waals surface area contributed by atoms with E-state index in [1.54, 1.807) is 5.54 Å². The maximum Gasteiger partial charge on any atom is 0.0643 e. The average Bonchev–Trinajstić information content (AvgIpc) is 2.16. The molecular formula is C9H12FNO. The van der Waals surface area contributed by atoms with Gasteiger partial charge in [0.15, 0.2) is 0 Å². The van der Waals surface area contributed by atoms with Crippen LogP contribution in [0.3, 0.4) is 0 Å². The average molecular weight is 169 g/mol. The van der Waals surface area contributed by atoms with Crippen molar-refractivity contribution < 1.29 is 9.59 Å². The van der Waals surface area contributed by atoms with Crippen LogP contribution in [0.5, 0.6) is 0 Å². The van der Waals surface area contributed by atoms with Crippen molar-refractivity contribution in [1.29, 1.82) is 0 Å². The highest BCUT2D eigenvalue weighted by molar-refractivity contribution is 5.15. The van der Waals surface area contributed by atoms with E-state index in [-0.39, 0.29) is 6.61 Å². The predicted octanol–water partition coefficient (Wildman–Crippen LogP) is 1.06. The van der Waals surface area contributed by atoms with E-state index >= 15 is 0 Å². The van der Waals surface area contributed by atoms with Crippen molar-refractivity contribution >= 4 is 0 Å². The topological polar surface area (TPSA) is 32.3 Å². The molecule has 1 atom stereocenters. The van der Waals surface area contributed by atoms with E-state index in [0.29, 0.717) is 6.42 Å². The summed E-state index contributed by atoms with van der Waals surface area (Å²) in [6.07, 6.45) is 0.508. The third-order valence-corrected chi connectivity index (χ3v) is 1.70. The first-order valence-electron chi connectivity index (χ1n) is 3.87. The van der Waals surface area contributed by atoms with Gasteiger partial charge in [-0.25, -0.2) is 0 Å². The molecule has 0 spiro atoms. The van der Waals surface area contributed by atoms with E-state index in [1.807, 2.05) is 30.3 Å². The van der Waals surface area contributed by atoms with E-state index in [9.17, 15) is 4.48 Å². The zero-order valence-corrected chi connectivity index (χ0v) is 6.70.